The molecule has 10 heteroatoms. The Morgan fingerprint density at radius 3 is 2.77 bits per heavy atom. The van der Waals surface area contributed by atoms with Crippen LogP contribution in [-0.2, 0) is 6.42 Å². The van der Waals surface area contributed by atoms with Gasteiger partial charge < -0.3 is 10.2 Å². The summed E-state index contributed by atoms with van der Waals surface area (Å²) in [6.07, 6.45) is 9.58. The average Bonchev–Trinajstić information content (AvgIpc) is 3.61. The van der Waals surface area contributed by atoms with Gasteiger partial charge in [0.05, 0.1) is 16.1 Å². The fourth-order valence-corrected chi connectivity index (χ4v) is 6.00. The number of hydrogen-bond acceptors (Lipinski definition) is 6. The maximum absolute atomic E-state index is 14.1. The maximum atomic E-state index is 14.1. The van der Waals surface area contributed by atoms with Crippen LogP contribution in [0.5, 0.6) is 0 Å². The number of amides is 2. The SMILES string of the molecule is CC(C)=C/C=C\C(F)=C\NC(=O)c1cc2c(s1)-c1ccccc1N(C(=O)c1cccc(-n3cnc4ncccc43)n1)CC2. The van der Waals surface area contributed by atoms with Crippen molar-refractivity contribution in [2.45, 2.75) is 20.3 Å². The number of para-hydroxylation sites is 1. The van der Waals surface area contributed by atoms with E-state index in [-0.39, 0.29) is 5.91 Å². The second-order valence-electron chi connectivity index (χ2n) is 10.1. The van der Waals surface area contributed by atoms with E-state index in [0.717, 1.165) is 39.0 Å². The molecule has 1 N–H and O–H groups in total. The summed E-state index contributed by atoms with van der Waals surface area (Å²) in [6, 6.07) is 18.5. The summed E-state index contributed by atoms with van der Waals surface area (Å²) in [7, 11) is 0. The monoisotopic (exact) mass is 590 g/mol. The number of nitrogens with zero attached hydrogens (tertiary/aromatic N) is 5. The van der Waals surface area contributed by atoms with Gasteiger partial charge in [-0.05, 0) is 68.3 Å². The van der Waals surface area contributed by atoms with E-state index in [1.54, 1.807) is 46.3 Å². The minimum Gasteiger partial charge on any atom is -0.325 e. The predicted molar refractivity (Wildman–Crippen MR) is 167 cm³/mol. The largest absolute Gasteiger partial charge is 0.325 e. The van der Waals surface area contributed by atoms with Crippen molar-refractivity contribution in [2.75, 3.05) is 11.4 Å². The number of benzene rings is 1. The molecule has 43 heavy (non-hydrogen) atoms. The number of anilines is 1. The zero-order valence-corrected chi connectivity index (χ0v) is 24.3. The number of nitrogens with one attached hydrogen (secondary N) is 1. The van der Waals surface area contributed by atoms with E-state index in [2.05, 4.69) is 20.3 Å². The number of aromatic nitrogens is 4. The Hall–Kier alpha value is -5.22. The quantitative estimate of drug-likeness (QED) is 0.219. The number of carbonyl (C=O) groups is 2. The van der Waals surface area contributed by atoms with Gasteiger partial charge in [-0.1, -0.05) is 42.0 Å². The van der Waals surface area contributed by atoms with Crippen LogP contribution in [0.1, 0.15) is 39.6 Å². The summed E-state index contributed by atoms with van der Waals surface area (Å²) in [4.78, 5) is 43.2. The molecule has 0 saturated heterocycles. The van der Waals surface area contributed by atoms with Crippen molar-refractivity contribution in [1.29, 1.82) is 0 Å². The molecule has 0 saturated carbocycles. The first-order valence-electron chi connectivity index (χ1n) is 13.7. The van der Waals surface area contributed by atoms with Crippen molar-refractivity contribution in [1.82, 2.24) is 24.8 Å². The molecule has 5 heterocycles. The van der Waals surface area contributed by atoms with Gasteiger partial charge in [0.1, 0.15) is 23.7 Å². The third-order valence-corrected chi connectivity index (χ3v) is 8.08. The lowest BCUT2D eigenvalue weighted by Gasteiger charge is -2.23. The van der Waals surface area contributed by atoms with Gasteiger partial charge in [-0.15, -0.1) is 11.3 Å². The van der Waals surface area contributed by atoms with Crippen molar-refractivity contribution in [3.8, 4) is 16.3 Å². The molecule has 0 unspecified atom stereocenters. The van der Waals surface area contributed by atoms with E-state index in [1.807, 2.05) is 62.4 Å². The smallest absolute Gasteiger partial charge is 0.276 e. The number of pyridine rings is 2. The molecule has 0 radical (unpaired) electrons. The highest BCUT2D eigenvalue weighted by Gasteiger charge is 2.28. The molecule has 2 amide bonds. The van der Waals surface area contributed by atoms with Gasteiger partial charge in [-0.25, -0.2) is 19.3 Å². The molecule has 1 aliphatic heterocycles. The van der Waals surface area contributed by atoms with Gasteiger partial charge in [0.25, 0.3) is 11.8 Å². The molecule has 0 spiro atoms. The molecule has 0 aliphatic carbocycles. The Morgan fingerprint density at radius 1 is 1.05 bits per heavy atom. The lowest BCUT2D eigenvalue weighted by molar-refractivity contribution is 0.0968. The lowest BCUT2D eigenvalue weighted by Crippen LogP contribution is -2.33. The minimum atomic E-state index is -0.556. The number of allylic oxidation sites excluding steroid dienone is 5. The van der Waals surface area contributed by atoms with Crippen molar-refractivity contribution < 1.29 is 14.0 Å². The van der Waals surface area contributed by atoms with E-state index >= 15 is 0 Å². The first-order chi connectivity index (χ1) is 20.9. The highest BCUT2D eigenvalue weighted by molar-refractivity contribution is 7.17. The number of imidazole rings is 1. The van der Waals surface area contributed by atoms with Crippen molar-refractivity contribution >= 4 is 40.0 Å². The Bertz CT molecular complexity index is 1950. The van der Waals surface area contributed by atoms with Crippen LogP contribution in [0.2, 0.25) is 0 Å². The fraction of sp³-hybridized carbons (Fsp3) is 0.121. The number of carbonyl (C=O) groups excluding carboxylic acids is 2. The first kappa shape index (κ1) is 27.9. The highest BCUT2D eigenvalue weighted by Crippen LogP contribution is 2.41. The van der Waals surface area contributed by atoms with Crippen molar-refractivity contribution in [3.63, 3.8) is 0 Å². The zero-order valence-electron chi connectivity index (χ0n) is 23.5. The maximum Gasteiger partial charge on any atom is 0.276 e. The number of hydrogen-bond donors (Lipinski definition) is 1. The first-order valence-corrected chi connectivity index (χ1v) is 14.5. The van der Waals surface area contributed by atoms with Gasteiger partial charge in [0.2, 0.25) is 0 Å². The summed E-state index contributed by atoms with van der Waals surface area (Å²) >= 11 is 1.32. The summed E-state index contributed by atoms with van der Waals surface area (Å²) < 4.78 is 15.9. The van der Waals surface area contributed by atoms with Crippen LogP contribution in [-0.4, -0.2) is 37.9 Å². The Balaban J connectivity index is 1.26. The summed E-state index contributed by atoms with van der Waals surface area (Å²) in [5, 5.41) is 2.54. The van der Waals surface area contributed by atoms with Crippen LogP contribution in [0.25, 0.3) is 27.4 Å². The van der Waals surface area contributed by atoms with E-state index in [4.69, 9.17) is 0 Å². The van der Waals surface area contributed by atoms with Crippen LogP contribution in [0, 0.1) is 0 Å². The Labute approximate surface area is 251 Å². The second kappa shape index (κ2) is 11.9. The molecule has 4 aromatic heterocycles. The van der Waals surface area contributed by atoms with Crippen LogP contribution >= 0.6 is 11.3 Å². The summed E-state index contributed by atoms with van der Waals surface area (Å²) in [5.41, 5.74) is 5.27. The molecule has 214 valence electrons. The molecule has 0 bridgehead atoms. The third-order valence-electron chi connectivity index (χ3n) is 6.87. The third kappa shape index (κ3) is 5.77. The fourth-order valence-electron chi connectivity index (χ4n) is 4.85. The number of thiophene rings is 1. The molecular formula is C33H27FN6O2S. The molecule has 1 aromatic carbocycles. The Morgan fingerprint density at radius 2 is 1.91 bits per heavy atom. The van der Waals surface area contributed by atoms with E-state index < -0.39 is 11.7 Å². The van der Waals surface area contributed by atoms with E-state index in [1.165, 1.54) is 17.4 Å². The second-order valence-corrected chi connectivity index (χ2v) is 11.2. The molecule has 0 fully saturated rings. The number of rotatable bonds is 6. The van der Waals surface area contributed by atoms with Crippen LogP contribution in [0.4, 0.5) is 10.1 Å². The van der Waals surface area contributed by atoms with Crippen LogP contribution in [0.15, 0.2) is 109 Å². The van der Waals surface area contributed by atoms with Gasteiger partial charge in [0, 0.05) is 29.4 Å². The topological polar surface area (TPSA) is 93.0 Å². The molecule has 8 nitrogen and oxygen atoms in total. The normalized spacial score (nSPS) is 13.0. The molecular weight excluding hydrogens is 563 g/mol. The summed E-state index contributed by atoms with van der Waals surface area (Å²) in [6.45, 7) is 4.23. The number of halogens is 1. The predicted octanol–water partition coefficient (Wildman–Crippen LogP) is 6.81. The standard InChI is InChI=1S/C33H27FN6O2S/c1-21(2)8-5-9-23(34)19-36-32(41)28-18-22-15-17-39(26-12-4-3-10-24(26)30(22)43-28)33(42)25-11-6-14-29(38-25)40-20-37-31-27(40)13-7-16-35-31/h3-14,16,18-20H,15,17H2,1-2H3,(H,36,41)/b9-5-,23-19-. The highest BCUT2D eigenvalue weighted by atomic mass is 32.1. The lowest BCUT2D eigenvalue weighted by atomic mass is 10.1. The van der Waals surface area contributed by atoms with Crippen molar-refractivity contribution in [2.24, 2.45) is 0 Å². The summed E-state index contributed by atoms with van der Waals surface area (Å²) in [5.74, 6) is -0.611. The van der Waals surface area contributed by atoms with Gasteiger partial charge >= 0.3 is 0 Å². The van der Waals surface area contributed by atoms with Gasteiger partial charge in [0.15, 0.2) is 5.65 Å². The van der Waals surface area contributed by atoms with Gasteiger partial charge in [-0.3, -0.25) is 14.2 Å². The van der Waals surface area contributed by atoms with Crippen LogP contribution < -0.4 is 10.2 Å². The van der Waals surface area contributed by atoms with Gasteiger partial charge in [-0.2, -0.15) is 0 Å². The molecule has 5 aromatic rings. The number of fused-ring (bicyclic) bond motifs is 4. The Kier molecular flexibility index (Phi) is 7.76. The molecule has 0 atom stereocenters. The zero-order chi connectivity index (χ0) is 29.9. The minimum absolute atomic E-state index is 0.230. The average molecular weight is 591 g/mol. The van der Waals surface area contributed by atoms with Crippen LogP contribution in [0.3, 0.4) is 0 Å². The molecule has 6 rings (SSSR count). The van der Waals surface area contributed by atoms with E-state index in [0.29, 0.717) is 35.0 Å². The van der Waals surface area contributed by atoms with E-state index in [9.17, 15) is 14.0 Å². The van der Waals surface area contributed by atoms with Crippen molar-refractivity contribution in [3.05, 3.63) is 125 Å². The molecule has 1 aliphatic rings.